The van der Waals surface area contributed by atoms with Crippen LogP contribution in [0.5, 0.6) is 0 Å². The Labute approximate surface area is 135 Å². The molecule has 0 bridgehead atoms. The van der Waals surface area contributed by atoms with Crippen LogP contribution in [0.2, 0.25) is 0 Å². The van der Waals surface area contributed by atoms with Gasteiger partial charge in [0.25, 0.3) is 5.91 Å². The van der Waals surface area contributed by atoms with Crippen LogP contribution >= 0.6 is 0 Å². The second-order valence-electron chi connectivity index (χ2n) is 5.81. The van der Waals surface area contributed by atoms with Crippen LogP contribution in [0.25, 0.3) is 0 Å². The van der Waals surface area contributed by atoms with Crippen molar-refractivity contribution >= 4 is 11.9 Å². The van der Waals surface area contributed by atoms with Gasteiger partial charge in [-0.2, -0.15) is 5.10 Å². The number of carboxylic acid groups (broad SMARTS) is 1. The third-order valence-corrected chi connectivity index (χ3v) is 3.85. The summed E-state index contributed by atoms with van der Waals surface area (Å²) in [4.78, 5) is 23.9. The van der Waals surface area contributed by atoms with E-state index in [9.17, 15) is 14.7 Å². The highest BCUT2D eigenvalue weighted by atomic mass is 16.4. The molecule has 0 saturated carbocycles. The molecule has 1 unspecified atom stereocenters. The molecular formula is C17H21N3O3. The van der Waals surface area contributed by atoms with Crippen molar-refractivity contribution in [2.75, 3.05) is 0 Å². The summed E-state index contributed by atoms with van der Waals surface area (Å²) in [6, 6.07) is 6.01. The molecule has 1 aromatic carbocycles. The number of aryl methyl sites for hydroxylation is 1. The van der Waals surface area contributed by atoms with Gasteiger partial charge in [0.2, 0.25) is 0 Å². The lowest BCUT2D eigenvalue weighted by Crippen LogP contribution is -2.34. The number of hydrogen-bond acceptors (Lipinski definition) is 3. The first-order valence-electron chi connectivity index (χ1n) is 7.46. The van der Waals surface area contributed by atoms with Crippen molar-refractivity contribution in [3.05, 3.63) is 52.8 Å². The number of benzene rings is 1. The molecule has 0 radical (unpaired) electrons. The summed E-state index contributed by atoms with van der Waals surface area (Å²) in [6.07, 6.45) is 1.70. The Bertz CT molecular complexity index is 734. The van der Waals surface area contributed by atoms with Crippen LogP contribution in [-0.2, 0) is 4.79 Å². The maximum atomic E-state index is 12.3. The van der Waals surface area contributed by atoms with Crippen molar-refractivity contribution < 1.29 is 14.7 Å². The first-order valence-corrected chi connectivity index (χ1v) is 7.46. The number of carboxylic acids is 1. The minimum Gasteiger partial charge on any atom is -0.479 e. The fourth-order valence-corrected chi connectivity index (χ4v) is 2.31. The van der Waals surface area contributed by atoms with Crippen LogP contribution in [0.3, 0.4) is 0 Å². The van der Waals surface area contributed by atoms with Gasteiger partial charge < -0.3 is 10.4 Å². The zero-order valence-corrected chi connectivity index (χ0v) is 13.7. The van der Waals surface area contributed by atoms with Crippen LogP contribution in [0.1, 0.15) is 53.1 Å². The number of nitrogens with one attached hydrogen (secondary N) is 1. The quantitative estimate of drug-likeness (QED) is 0.888. The van der Waals surface area contributed by atoms with Gasteiger partial charge in [-0.1, -0.05) is 18.2 Å². The van der Waals surface area contributed by atoms with E-state index in [0.717, 1.165) is 11.1 Å². The summed E-state index contributed by atoms with van der Waals surface area (Å²) in [6.45, 7) is 7.65. The molecule has 6 nitrogen and oxygen atoms in total. The lowest BCUT2D eigenvalue weighted by molar-refractivity contribution is -0.139. The van der Waals surface area contributed by atoms with Gasteiger partial charge in [0.05, 0.1) is 0 Å². The van der Waals surface area contributed by atoms with Gasteiger partial charge in [-0.15, -0.1) is 0 Å². The molecule has 122 valence electrons. The number of nitrogens with zero attached hydrogens (tertiary/aromatic N) is 2. The standard InChI is InChI=1S/C17H21N3O3/c1-10(2)20-9-8-14(19-20)16(21)18-15(17(22)23)13-7-5-6-11(3)12(13)4/h5-10,15H,1-4H3,(H,18,21)(H,22,23). The number of carbonyl (C=O) groups is 2. The fraction of sp³-hybridized carbons (Fsp3) is 0.353. The van der Waals surface area contributed by atoms with E-state index in [0.29, 0.717) is 5.56 Å². The zero-order valence-electron chi connectivity index (χ0n) is 13.7. The number of rotatable bonds is 5. The van der Waals surface area contributed by atoms with Crippen molar-refractivity contribution in [2.45, 2.75) is 39.8 Å². The summed E-state index contributed by atoms with van der Waals surface area (Å²) in [7, 11) is 0. The molecule has 0 aliphatic rings. The minimum atomic E-state index is -1.11. The topological polar surface area (TPSA) is 84.2 Å². The molecule has 23 heavy (non-hydrogen) atoms. The highest BCUT2D eigenvalue weighted by molar-refractivity contribution is 5.95. The highest BCUT2D eigenvalue weighted by Crippen LogP contribution is 2.21. The van der Waals surface area contributed by atoms with E-state index < -0.39 is 17.9 Å². The Morgan fingerprint density at radius 1 is 1.22 bits per heavy atom. The maximum absolute atomic E-state index is 12.3. The van der Waals surface area contributed by atoms with Crippen LogP contribution in [0.15, 0.2) is 30.5 Å². The third-order valence-electron chi connectivity index (χ3n) is 3.85. The monoisotopic (exact) mass is 315 g/mol. The first kappa shape index (κ1) is 16.7. The zero-order chi connectivity index (χ0) is 17.1. The van der Waals surface area contributed by atoms with Gasteiger partial charge in [0.15, 0.2) is 6.04 Å². The molecule has 0 aliphatic carbocycles. The minimum absolute atomic E-state index is 0.130. The smallest absolute Gasteiger partial charge is 0.330 e. The summed E-state index contributed by atoms with van der Waals surface area (Å²) >= 11 is 0. The number of aromatic nitrogens is 2. The third kappa shape index (κ3) is 3.59. The van der Waals surface area contributed by atoms with Crippen molar-refractivity contribution in [3.8, 4) is 0 Å². The number of aliphatic carboxylic acids is 1. The molecule has 1 heterocycles. The Hall–Kier alpha value is -2.63. The van der Waals surface area contributed by atoms with Crippen molar-refractivity contribution in [2.24, 2.45) is 0 Å². The highest BCUT2D eigenvalue weighted by Gasteiger charge is 2.25. The Balaban J connectivity index is 2.27. The molecule has 1 aromatic heterocycles. The van der Waals surface area contributed by atoms with Crippen LogP contribution < -0.4 is 5.32 Å². The molecule has 2 rings (SSSR count). The second-order valence-corrected chi connectivity index (χ2v) is 5.81. The lowest BCUT2D eigenvalue weighted by Gasteiger charge is -2.17. The van der Waals surface area contributed by atoms with Gasteiger partial charge in [-0.25, -0.2) is 4.79 Å². The molecule has 0 aliphatic heterocycles. The van der Waals surface area contributed by atoms with E-state index in [4.69, 9.17) is 0 Å². The van der Waals surface area contributed by atoms with E-state index >= 15 is 0 Å². The molecule has 0 saturated heterocycles. The van der Waals surface area contributed by atoms with Gasteiger partial charge in [-0.3, -0.25) is 9.48 Å². The maximum Gasteiger partial charge on any atom is 0.330 e. The molecule has 1 amide bonds. The number of amides is 1. The predicted octanol–water partition coefficient (Wildman–Crippen LogP) is 2.64. The van der Waals surface area contributed by atoms with Crippen molar-refractivity contribution in [3.63, 3.8) is 0 Å². The Kier molecular flexibility index (Phi) is 4.83. The van der Waals surface area contributed by atoms with Crippen LogP contribution in [0.4, 0.5) is 0 Å². The van der Waals surface area contributed by atoms with E-state index in [1.54, 1.807) is 29.1 Å². The van der Waals surface area contributed by atoms with E-state index in [1.165, 1.54) is 0 Å². The van der Waals surface area contributed by atoms with Gasteiger partial charge in [-0.05, 0) is 50.5 Å². The van der Waals surface area contributed by atoms with Crippen molar-refractivity contribution in [1.82, 2.24) is 15.1 Å². The molecule has 0 fully saturated rings. The number of hydrogen-bond donors (Lipinski definition) is 2. The second kappa shape index (κ2) is 6.64. The number of carbonyl (C=O) groups excluding carboxylic acids is 1. The van der Waals surface area contributed by atoms with Crippen LogP contribution in [-0.4, -0.2) is 26.8 Å². The molecule has 6 heteroatoms. The summed E-state index contributed by atoms with van der Waals surface area (Å²) < 4.78 is 1.66. The average Bonchev–Trinajstić information content (AvgIpc) is 2.98. The predicted molar refractivity (Wildman–Crippen MR) is 86.4 cm³/mol. The van der Waals surface area contributed by atoms with E-state index in [-0.39, 0.29) is 11.7 Å². The van der Waals surface area contributed by atoms with Gasteiger partial charge in [0, 0.05) is 12.2 Å². The molecule has 2 aromatic rings. The molecule has 2 N–H and O–H groups in total. The Morgan fingerprint density at radius 3 is 2.48 bits per heavy atom. The normalized spacial score (nSPS) is 12.2. The molecular weight excluding hydrogens is 294 g/mol. The van der Waals surface area contributed by atoms with Gasteiger partial charge >= 0.3 is 5.97 Å². The van der Waals surface area contributed by atoms with E-state index in [1.807, 2.05) is 33.8 Å². The lowest BCUT2D eigenvalue weighted by atomic mass is 9.97. The Morgan fingerprint density at radius 2 is 1.91 bits per heavy atom. The molecule has 1 atom stereocenters. The van der Waals surface area contributed by atoms with Gasteiger partial charge in [0.1, 0.15) is 5.69 Å². The largest absolute Gasteiger partial charge is 0.479 e. The molecule has 0 spiro atoms. The first-order chi connectivity index (χ1) is 10.8. The average molecular weight is 315 g/mol. The van der Waals surface area contributed by atoms with Crippen LogP contribution in [0, 0.1) is 13.8 Å². The van der Waals surface area contributed by atoms with E-state index in [2.05, 4.69) is 10.4 Å². The summed E-state index contributed by atoms with van der Waals surface area (Å²) in [5, 5.41) is 16.2. The SMILES string of the molecule is Cc1cccc(C(NC(=O)c2ccn(C(C)C)n2)C(=O)O)c1C. The van der Waals surface area contributed by atoms with Crippen molar-refractivity contribution in [1.29, 1.82) is 0 Å². The summed E-state index contributed by atoms with van der Waals surface area (Å²) in [5.41, 5.74) is 2.62. The summed E-state index contributed by atoms with van der Waals surface area (Å²) in [5.74, 6) is -1.60. The fourth-order valence-electron chi connectivity index (χ4n) is 2.31.